The first-order valence-electron chi connectivity index (χ1n) is 9.94. The molecule has 0 radical (unpaired) electrons. The normalized spacial score (nSPS) is 10.9. The monoisotopic (exact) mass is 442 g/mol. The molecule has 3 aromatic carbocycles. The summed E-state index contributed by atoms with van der Waals surface area (Å²) >= 11 is 1.64. The molecule has 7 nitrogen and oxygen atoms in total. The molecule has 0 fully saturated rings. The van der Waals surface area contributed by atoms with E-state index in [1.54, 1.807) is 42.5 Å². The predicted octanol–water partition coefficient (Wildman–Crippen LogP) is 5.49. The topological polar surface area (TPSA) is 90.1 Å². The molecule has 0 unspecified atom stereocenters. The van der Waals surface area contributed by atoms with Crippen molar-refractivity contribution in [2.75, 3.05) is 5.32 Å². The molecule has 2 heterocycles. The van der Waals surface area contributed by atoms with Gasteiger partial charge in [0.1, 0.15) is 10.8 Å². The summed E-state index contributed by atoms with van der Waals surface area (Å²) in [4.78, 5) is 21.7. The Bertz CT molecular complexity index is 1360. The van der Waals surface area contributed by atoms with E-state index in [0.29, 0.717) is 28.7 Å². The van der Waals surface area contributed by atoms with E-state index in [4.69, 9.17) is 9.26 Å². The second-order valence-electron chi connectivity index (χ2n) is 7.03. The summed E-state index contributed by atoms with van der Waals surface area (Å²) < 4.78 is 11.8. The van der Waals surface area contributed by atoms with E-state index in [0.717, 1.165) is 20.8 Å². The van der Waals surface area contributed by atoms with Crippen molar-refractivity contribution in [2.45, 2.75) is 13.5 Å². The highest BCUT2D eigenvalue weighted by molar-refractivity contribution is 7.21. The van der Waals surface area contributed by atoms with Crippen molar-refractivity contribution in [3.8, 4) is 16.3 Å². The lowest BCUT2D eigenvalue weighted by atomic mass is 10.1. The van der Waals surface area contributed by atoms with Crippen LogP contribution < -0.4 is 10.1 Å². The van der Waals surface area contributed by atoms with Gasteiger partial charge in [0.2, 0.25) is 11.7 Å². The minimum atomic E-state index is -0.266. The van der Waals surface area contributed by atoms with Crippen molar-refractivity contribution >= 4 is 33.1 Å². The molecule has 0 atom stereocenters. The second-order valence-corrected chi connectivity index (χ2v) is 8.06. The Hall–Kier alpha value is -4.04. The Morgan fingerprint density at radius 1 is 1.00 bits per heavy atom. The van der Waals surface area contributed by atoms with E-state index in [9.17, 15) is 4.79 Å². The van der Waals surface area contributed by atoms with Gasteiger partial charge < -0.3 is 14.6 Å². The molecule has 0 saturated heterocycles. The van der Waals surface area contributed by atoms with Crippen molar-refractivity contribution in [3.05, 3.63) is 90.1 Å². The maximum Gasteiger partial charge on any atom is 0.259 e. The number of hydrogen-bond donors (Lipinski definition) is 1. The van der Waals surface area contributed by atoms with Crippen LogP contribution in [0.15, 0.2) is 77.3 Å². The number of anilines is 1. The van der Waals surface area contributed by atoms with Gasteiger partial charge in [0.25, 0.3) is 5.91 Å². The van der Waals surface area contributed by atoms with Crippen molar-refractivity contribution in [1.82, 2.24) is 15.1 Å². The van der Waals surface area contributed by atoms with E-state index < -0.39 is 0 Å². The third-order valence-corrected chi connectivity index (χ3v) is 5.83. The summed E-state index contributed by atoms with van der Waals surface area (Å²) in [6, 6.07) is 22.7. The molecule has 2 aromatic heterocycles. The number of nitrogens with one attached hydrogen (secondary N) is 1. The van der Waals surface area contributed by atoms with Crippen molar-refractivity contribution in [3.63, 3.8) is 0 Å². The lowest BCUT2D eigenvalue weighted by Gasteiger charge is -2.11. The van der Waals surface area contributed by atoms with E-state index in [-0.39, 0.29) is 12.5 Å². The quantitative estimate of drug-likeness (QED) is 0.374. The average Bonchev–Trinajstić information content (AvgIpc) is 3.44. The second kappa shape index (κ2) is 8.60. The number of nitrogens with zero attached hydrogens (tertiary/aromatic N) is 3. The molecule has 5 rings (SSSR count). The van der Waals surface area contributed by atoms with Crippen molar-refractivity contribution < 1.29 is 14.1 Å². The number of carbonyl (C=O) groups excluding carboxylic acids is 1. The van der Waals surface area contributed by atoms with Crippen LogP contribution in [0.4, 0.5) is 5.69 Å². The molecule has 5 aromatic rings. The van der Waals surface area contributed by atoms with Gasteiger partial charge in [-0.25, -0.2) is 4.98 Å². The minimum Gasteiger partial charge on any atom is -0.485 e. The van der Waals surface area contributed by atoms with Crippen LogP contribution in [0.2, 0.25) is 0 Å². The van der Waals surface area contributed by atoms with Crippen LogP contribution in [0, 0.1) is 6.92 Å². The molecule has 1 N–H and O–H groups in total. The number of hydrogen-bond acceptors (Lipinski definition) is 7. The average molecular weight is 443 g/mol. The highest BCUT2D eigenvalue weighted by Crippen LogP contribution is 2.30. The number of benzene rings is 3. The third-order valence-electron chi connectivity index (χ3n) is 4.74. The zero-order chi connectivity index (χ0) is 21.9. The van der Waals surface area contributed by atoms with Gasteiger partial charge in [-0.05, 0) is 48.5 Å². The summed E-state index contributed by atoms with van der Waals surface area (Å²) in [5.41, 5.74) is 3.09. The summed E-state index contributed by atoms with van der Waals surface area (Å²) in [6.45, 7) is 1.82. The molecule has 32 heavy (non-hydrogen) atoms. The fraction of sp³-hybridized carbons (Fsp3) is 0.0833. The first kappa shape index (κ1) is 19.9. The first-order valence-corrected chi connectivity index (χ1v) is 10.8. The van der Waals surface area contributed by atoms with Gasteiger partial charge >= 0.3 is 0 Å². The molecule has 0 aliphatic rings. The Kier molecular flexibility index (Phi) is 5.35. The molecule has 0 aliphatic heterocycles. The van der Waals surface area contributed by atoms with Gasteiger partial charge in [-0.1, -0.05) is 29.4 Å². The molecule has 1 amide bonds. The molecule has 158 valence electrons. The van der Waals surface area contributed by atoms with Crippen LogP contribution in [-0.4, -0.2) is 21.0 Å². The zero-order valence-electron chi connectivity index (χ0n) is 17.1. The first-order chi connectivity index (χ1) is 15.7. The number of amides is 1. The summed E-state index contributed by atoms with van der Waals surface area (Å²) in [5, 5.41) is 7.67. The molecule has 0 aliphatic carbocycles. The Morgan fingerprint density at radius 2 is 1.78 bits per heavy atom. The van der Waals surface area contributed by atoms with Crippen LogP contribution in [0.5, 0.6) is 5.75 Å². The van der Waals surface area contributed by atoms with Gasteiger partial charge in [0.05, 0.1) is 15.8 Å². The molecular formula is C24H18N4O3S. The van der Waals surface area contributed by atoms with E-state index in [1.807, 2.05) is 42.5 Å². The van der Waals surface area contributed by atoms with Crippen LogP contribution in [0.3, 0.4) is 0 Å². The highest BCUT2D eigenvalue weighted by Gasteiger charge is 2.14. The van der Waals surface area contributed by atoms with E-state index in [2.05, 4.69) is 26.5 Å². The third kappa shape index (κ3) is 4.21. The predicted molar refractivity (Wildman–Crippen MR) is 123 cm³/mol. The van der Waals surface area contributed by atoms with E-state index in [1.165, 1.54) is 0 Å². The summed E-state index contributed by atoms with van der Waals surface area (Å²) in [5.74, 6) is 1.06. The van der Waals surface area contributed by atoms with E-state index >= 15 is 0 Å². The Morgan fingerprint density at radius 3 is 2.56 bits per heavy atom. The molecule has 0 spiro atoms. The summed E-state index contributed by atoms with van der Waals surface area (Å²) in [7, 11) is 0. The van der Waals surface area contributed by atoms with Crippen LogP contribution in [-0.2, 0) is 6.61 Å². The van der Waals surface area contributed by atoms with Crippen LogP contribution in [0.1, 0.15) is 22.1 Å². The molecule has 8 heteroatoms. The maximum atomic E-state index is 12.9. The largest absolute Gasteiger partial charge is 0.485 e. The molecular weight excluding hydrogens is 424 g/mol. The van der Waals surface area contributed by atoms with Gasteiger partial charge in [-0.15, -0.1) is 11.3 Å². The fourth-order valence-corrected chi connectivity index (χ4v) is 4.18. The Labute approximate surface area is 187 Å². The smallest absolute Gasteiger partial charge is 0.259 e. The summed E-state index contributed by atoms with van der Waals surface area (Å²) in [6.07, 6.45) is 0. The highest BCUT2D eigenvalue weighted by atomic mass is 32.1. The number of thiazole rings is 1. The number of rotatable bonds is 6. The lowest BCUT2D eigenvalue weighted by molar-refractivity contribution is 0.102. The number of aromatic nitrogens is 3. The van der Waals surface area contributed by atoms with Crippen LogP contribution >= 0.6 is 11.3 Å². The number of fused-ring (bicyclic) bond motifs is 1. The van der Waals surface area contributed by atoms with Gasteiger partial charge in [0, 0.05) is 18.2 Å². The van der Waals surface area contributed by atoms with Gasteiger partial charge in [-0.2, -0.15) is 4.98 Å². The number of para-hydroxylation sites is 2. The number of aryl methyl sites for hydroxylation is 1. The lowest BCUT2D eigenvalue weighted by Crippen LogP contribution is -2.13. The molecule has 0 saturated carbocycles. The molecule has 0 bridgehead atoms. The van der Waals surface area contributed by atoms with Crippen LogP contribution in [0.25, 0.3) is 20.8 Å². The number of ether oxygens (including phenoxy) is 1. The zero-order valence-corrected chi connectivity index (χ0v) is 17.9. The Balaban J connectivity index is 1.29. The minimum absolute atomic E-state index is 0.110. The van der Waals surface area contributed by atoms with Crippen molar-refractivity contribution in [1.29, 1.82) is 0 Å². The van der Waals surface area contributed by atoms with Gasteiger partial charge in [-0.3, -0.25) is 4.79 Å². The van der Waals surface area contributed by atoms with Crippen molar-refractivity contribution in [2.24, 2.45) is 0 Å². The van der Waals surface area contributed by atoms with Gasteiger partial charge in [0.15, 0.2) is 6.61 Å². The standard InChI is InChI=1S/C24H18N4O3S/c1-15-25-22(28-31-15)14-30-20-8-4-2-6-18(20)23(29)26-17-12-10-16(11-13-17)24-27-19-7-3-5-9-21(19)32-24/h2-13H,14H2,1H3,(H,26,29). The maximum absolute atomic E-state index is 12.9. The fourth-order valence-electron chi connectivity index (χ4n) is 3.21. The SMILES string of the molecule is Cc1nc(COc2ccccc2C(=O)Nc2ccc(-c3nc4ccccc4s3)cc2)no1. The number of carbonyl (C=O) groups is 1.